The number of benzene rings is 1. The lowest BCUT2D eigenvalue weighted by molar-refractivity contribution is -0.119. The van der Waals surface area contributed by atoms with Crippen molar-refractivity contribution in [1.82, 2.24) is 0 Å². The minimum absolute atomic E-state index is 0.567. The normalized spacial score (nSPS) is 11.5. The Morgan fingerprint density at radius 3 is 2.13 bits per heavy atom. The summed E-state index contributed by atoms with van der Waals surface area (Å²) in [6.45, 7) is -0.930. The Morgan fingerprint density at radius 2 is 1.73 bits per heavy atom. The highest BCUT2D eigenvalue weighted by Crippen LogP contribution is 2.21. The van der Waals surface area contributed by atoms with Gasteiger partial charge >= 0.3 is 6.18 Å². The minimum atomic E-state index is -4.16. The molecule has 1 rings (SSSR count). The average Bonchev–Trinajstić information content (AvgIpc) is 2.15. The van der Waals surface area contributed by atoms with E-state index >= 15 is 0 Å². The second kappa shape index (κ2) is 4.88. The molecule has 0 N–H and O–H groups in total. The molecule has 1 aromatic carbocycles. The summed E-state index contributed by atoms with van der Waals surface area (Å²) in [7, 11) is 1.43. The molecule has 0 spiro atoms. The molecule has 0 amide bonds. The molecule has 0 aliphatic rings. The highest BCUT2D eigenvalue weighted by molar-refractivity contribution is 9.08. The first kappa shape index (κ1) is 12.4. The second-order valence-electron chi connectivity index (χ2n) is 3.27. The van der Waals surface area contributed by atoms with E-state index in [1.165, 1.54) is 11.9 Å². The van der Waals surface area contributed by atoms with Crippen LogP contribution in [-0.2, 0) is 5.33 Å². The number of rotatable bonds is 3. The van der Waals surface area contributed by atoms with Crippen molar-refractivity contribution in [2.75, 3.05) is 18.5 Å². The van der Waals surface area contributed by atoms with E-state index in [0.717, 1.165) is 5.56 Å². The summed E-state index contributed by atoms with van der Waals surface area (Å²) in [5.74, 6) is 0. The third kappa shape index (κ3) is 4.11. The van der Waals surface area contributed by atoms with E-state index in [0.29, 0.717) is 11.0 Å². The zero-order valence-electron chi connectivity index (χ0n) is 8.18. The monoisotopic (exact) mass is 281 g/mol. The Labute approximate surface area is 95.0 Å². The number of alkyl halides is 4. The first-order chi connectivity index (χ1) is 6.92. The van der Waals surface area contributed by atoms with Crippen molar-refractivity contribution < 1.29 is 13.2 Å². The Morgan fingerprint density at radius 1 is 1.20 bits per heavy atom. The van der Waals surface area contributed by atoms with E-state index in [1.807, 2.05) is 0 Å². The summed E-state index contributed by atoms with van der Waals surface area (Å²) in [6, 6.07) is 6.97. The van der Waals surface area contributed by atoms with Crippen molar-refractivity contribution in [3.8, 4) is 0 Å². The SMILES string of the molecule is CN(CC(F)(F)F)c1ccc(CBr)cc1. The summed E-state index contributed by atoms with van der Waals surface area (Å²) in [4.78, 5) is 1.18. The molecular weight excluding hydrogens is 271 g/mol. The van der Waals surface area contributed by atoms with Crippen molar-refractivity contribution in [2.45, 2.75) is 11.5 Å². The van der Waals surface area contributed by atoms with E-state index in [2.05, 4.69) is 15.9 Å². The molecule has 0 radical (unpaired) electrons. The van der Waals surface area contributed by atoms with Crippen LogP contribution in [0.5, 0.6) is 0 Å². The van der Waals surface area contributed by atoms with Gasteiger partial charge in [-0.2, -0.15) is 13.2 Å². The van der Waals surface area contributed by atoms with Gasteiger partial charge in [0.1, 0.15) is 6.54 Å². The van der Waals surface area contributed by atoms with Gasteiger partial charge in [0.15, 0.2) is 0 Å². The standard InChI is InChI=1S/C10H11BrF3N/c1-15(7-10(12,13)14)9-4-2-8(6-11)3-5-9/h2-5H,6-7H2,1H3. The van der Waals surface area contributed by atoms with E-state index in [9.17, 15) is 13.2 Å². The van der Waals surface area contributed by atoms with Crippen LogP contribution in [0, 0.1) is 0 Å². The van der Waals surface area contributed by atoms with Gasteiger partial charge in [-0.25, -0.2) is 0 Å². The summed E-state index contributed by atoms with van der Waals surface area (Å²) < 4.78 is 36.3. The Bertz CT molecular complexity index is 307. The Hall–Kier alpha value is -0.710. The van der Waals surface area contributed by atoms with Crippen LogP contribution in [0.3, 0.4) is 0 Å². The number of hydrogen-bond acceptors (Lipinski definition) is 1. The molecule has 0 heterocycles. The molecular formula is C10H11BrF3N. The van der Waals surface area contributed by atoms with Crippen molar-refractivity contribution in [2.24, 2.45) is 0 Å². The zero-order chi connectivity index (χ0) is 11.5. The predicted molar refractivity (Wildman–Crippen MR) is 58.4 cm³/mol. The highest BCUT2D eigenvalue weighted by Gasteiger charge is 2.29. The number of anilines is 1. The number of hydrogen-bond donors (Lipinski definition) is 0. The van der Waals surface area contributed by atoms with E-state index in [-0.39, 0.29) is 0 Å². The second-order valence-corrected chi connectivity index (χ2v) is 3.83. The number of nitrogens with zero attached hydrogens (tertiary/aromatic N) is 1. The molecule has 0 aliphatic carbocycles. The van der Waals surface area contributed by atoms with Gasteiger partial charge in [-0.3, -0.25) is 0 Å². The lowest BCUT2D eigenvalue weighted by Crippen LogP contribution is -2.30. The van der Waals surface area contributed by atoms with Gasteiger partial charge in [0.2, 0.25) is 0 Å². The molecule has 0 atom stereocenters. The summed E-state index contributed by atoms with van der Waals surface area (Å²) in [6.07, 6.45) is -4.16. The smallest absolute Gasteiger partial charge is 0.366 e. The van der Waals surface area contributed by atoms with Crippen LogP contribution >= 0.6 is 15.9 Å². The van der Waals surface area contributed by atoms with Crippen LogP contribution in [0.4, 0.5) is 18.9 Å². The van der Waals surface area contributed by atoms with E-state index < -0.39 is 12.7 Å². The van der Waals surface area contributed by atoms with Gasteiger partial charge in [-0.05, 0) is 17.7 Å². The van der Waals surface area contributed by atoms with E-state index in [4.69, 9.17) is 0 Å². The third-order valence-corrected chi connectivity index (χ3v) is 2.60. The molecule has 5 heteroatoms. The van der Waals surface area contributed by atoms with Crippen LogP contribution in [-0.4, -0.2) is 19.8 Å². The fourth-order valence-electron chi connectivity index (χ4n) is 1.20. The van der Waals surface area contributed by atoms with Crippen LogP contribution in [0.1, 0.15) is 5.56 Å². The first-order valence-corrected chi connectivity index (χ1v) is 5.47. The summed E-state index contributed by atoms with van der Waals surface area (Å²) in [5, 5.41) is 0.705. The maximum atomic E-state index is 12.1. The minimum Gasteiger partial charge on any atom is -0.366 e. The van der Waals surface area contributed by atoms with Crippen molar-refractivity contribution in [3.05, 3.63) is 29.8 Å². The average molecular weight is 282 g/mol. The Balaban J connectivity index is 2.70. The van der Waals surface area contributed by atoms with E-state index in [1.54, 1.807) is 24.3 Å². The van der Waals surface area contributed by atoms with Crippen molar-refractivity contribution >= 4 is 21.6 Å². The quantitative estimate of drug-likeness (QED) is 0.766. The third-order valence-electron chi connectivity index (χ3n) is 1.95. The molecule has 1 aromatic rings. The van der Waals surface area contributed by atoms with Gasteiger partial charge in [0, 0.05) is 18.1 Å². The van der Waals surface area contributed by atoms with Gasteiger partial charge in [-0.15, -0.1) is 0 Å². The number of halogens is 4. The van der Waals surface area contributed by atoms with Crippen molar-refractivity contribution in [3.63, 3.8) is 0 Å². The van der Waals surface area contributed by atoms with Crippen LogP contribution in [0.15, 0.2) is 24.3 Å². The van der Waals surface area contributed by atoms with Crippen molar-refractivity contribution in [1.29, 1.82) is 0 Å². The summed E-state index contributed by atoms with van der Waals surface area (Å²) >= 11 is 3.27. The molecule has 84 valence electrons. The summed E-state index contributed by atoms with van der Waals surface area (Å²) in [5.41, 5.74) is 1.61. The molecule has 1 nitrogen and oxygen atoms in total. The topological polar surface area (TPSA) is 3.24 Å². The van der Waals surface area contributed by atoms with Crippen LogP contribution < -0.4 is 4.90 Å². The fraction of sp³-hybridized carbons (Fsp3) is 0.400. The van der Waals surface area contributed by atoms with Crippen LogP contribution in [0.2, 0.25) is 0 Å². The molecule has 0 saturated carbocycles. The maximum absolute atomic E-state index is 12.1. The van der Waals surface area contributed by atoms with Gasteiger partial charge in [0.05, 0.1) is 0 Å². The fourth-order valence-corrected chi connectivity index (χ4v) is 1.57. The lowest BCUT2D eigenvalue weighted by Gasteiger charge is -2.20. The highest BCUT2D eigenvalue weighted by atomic mass is 79.9. The molecule has 0 aromatic heterocycles. The molecule has 15 heavy (non-hydrogen) atoms. The Kier molecular flexibility index (Phi) is 4.02. The first-order valence-electron chi connectivity index (χ1n) is 4.35. The lowest BCUT2D eigenvalue weighted by atomic mass is 10.2. The maximum Gasteiger partial charge on any atom is 0.405 e. The van der Waals surface area contributed by atoms with Gasteiger partial charge in [0.25, 0.3) is 0 Å². The molecule has 0 saturated heterocycles. The predicted octanol–water partition coefficient (Wildman–Crippen LogP) is 3.58. The largest absolute Gasteiger partial charge is 0.405 e. The molecule has 0 bridgehead atoms. The van der Waals surface area contributed by atoms with Gasteiger partial charge in [-0.1, -0.05) is 28.1 Å². The molecule has 0 unspecified atom stereocenters. The van der Waals surface area contributed by atoms with Gasteiger partial charge < -0.3 is 4.90 Å². The van der Waals surface area contributed by atoms with Crippen LogP contribution in [0.25, 0.3) is 0 Å². The molecule has 0 fully saturated rings. The zero-order valence-corrected chi connectivity index (χ0v) is 9.77. The molecule has 0 aliphatic heterocycles.